The minimum atomic E-state index is -4.79. The standard InChI is InChI=1S/C18H19F4N3O2/c1-23-17(26)15-12(9-24-7-6-10-2-3-10)16(27-25-15)11-4-5-13(14(19)8-11)18(20,21)22/h4-5,8,10,24H,2-3,6-7,9H2,1H3,(H,23,26). The van der Waals surface area contributed by atoms with Crippen LogP contribution in [0.4, 0.5) is 17.6 Å². The smallest absolute Gasteiger partial charge is 0.355 e. The number of benzene rings is 1. The molecular formula is C18H19F4N3O2. The first-order valence-electron chi connectivity index (χ1n) is 8.59. The highest BCUT2D eigenvalue weighted by molar-refractivity contribution is 5.94. The van der Waals surface area contributed by atoms with Crippen LogP contribution in [0.3, 0.4) is 0 Å². The summed E-state index contributed by atoms with van der Waals surface area (Å²) in [7, 11) is 1.43. The number of hydrogen-bond acceptors (Lipinski definition) is 4. The predicted octanol–water partition coefficient (Wildman–Crippen LogP) is 3.75. The Morgan fingerprint density at radius 3 is 2.67 bits per heavy atom. The molecule has 9 heteroatoms. The third-order valence-electron chi connectivity index (χ3n) is 4.50. The molecule has 1 aromatic carbocycles. The number of halogens is 4. The molecule has 1 aromatic heterocycles. The van der Waals surface area contributed by atoms with Gasteiger partial charge in [0, 0.05) is 24.7 Å². The van der Waals surface area contributed by atoms with Crippen molar-refractivity contribution in [1.29, 1.82) is 0 Å². The Labute approximate surface area is 153 Å². The number of nitrogens with zero attached hydrogens (tertiary/aromatic N) is 1. The maximum atomic E-state index is 13.9. The fourth-order valence-corrected chi connectivity index (χ4v) is 2.81. The molecule has 2 N–H and O–H groups in total. The van der Waals surface area contributed by atoms with Crippen molar-refractivity contribution in [3.8, 4) is 11.3 Å². The molecule has 1 aliphatic carbocycles. The topological polar surface area (TPSA) is 67.2 Å². The summed E-state index contributed by atoms with van der Waals surface area (Å²) in [6, 6.07) is 2.50. The molecule has 1 saturated carbocycles. The van der Waals surface area contributed by atoms with E-state index < -0.39 is 23.5 Å². The molecule has 146 valence electrons. The summed E-state index contributed by atoms with van der Waals surface area (Å²) in [5.74, 6) is -1.11. The fraction of sp³-hybridized carbons (Fsp3) is 0.444. The lowest BCUT2D eigenvalue weighted by Gasteiger charge is -2.10. The molecule has 1 amide bonds. The number of rotatable bonds is 7. The van der Waals surface area contributed by atoms with Crippen molar-refractivity contribution in [2.24, 2.45) is 5.92 Å². The zero-order valence-electron chi connectivity index (χ0n) is 14.6. The maximum Gasteiger partial charge on any atom is 0.419 e. The number of alkyl halides is 3. The molecular weight excluding hydrogens is 366 g/mol. The van der Waals surface area contributed by atoms with Crippen molar-refractivity contribution < 1.29 is 26.9 Å². The normalized spacial score (nSPS) is 14.4. The highest BCUT2D eigenvalue weighted by atomic mass is 19.4. The van der Waals surface area contributed by atoms with Crippen LogP contribution in [0.5, 0.6) is 0 Å². The molecule has 0 atom stereocenters. The summed E-state index contributed by atoms with van der Waals surface area (Å²) in [6.45, 7) is 0.959. The van der Waals surface area contributed by atoms with Crippen LogP contribution in [-0.4, -0.2) is 24.7 Å². The summed E-state index contributed by atoms with van der Waals surface area (Å²) < 4.78 is 57.4. The fourth-order valence-electron chi connectivity index (χ4n) is 2.81. The Bertz CT molecular complexity index is 828. The van der Waals surface area contributed by atoms with Gasteiger partial charge in [-0.25, -0.2) is 4.39 Å². The molecule has 5 nitrogen and oxygen atoms in total. The molecule has 0 bridgehead atoms. The summed E-state index contributed by atoms with van der Waals surface area (Å²) in [4.78, 5) is 12.0. The van der Waals surface area contributed by atoms with Gasteiger partial charge in [-0.2, -0.15) is 13.2 Å². The summed E-state index contributed by atoms with van der Waals surface area (Å²) in [6.07, 6.45) is -1.35. The second-order valence-corrected chi connectivity index (χ2v) is 6.52. The molecule has 0 aliphatic heterocycles. The van der Waals surface area contributed by atoms with Crippen LogP contribution < -0.4 is 10.6 Å². The highest BCUT2D eigenvalue weighted by Crippen LogP contribution is 2.35. The third-order valence-corrected chi connectivity index (χ3v) is 4.50. The van der Waals surface area contributed by atoms with Crippen LogP contribution in [-0.2, 0) is 12.7 Å². The molecule has 1 aliphatic rings. The van der Waals surface area contributed by atoms with Crippen LogP contribution in [0.25, 0.3) is 11.3 Å². The number of nitrogens with one attached hydrogen (secondary N) is 2. The second-order valence-electron chi connectivity index (χ2n) is 6.52. The largest absolute Gasteiger partial charge is 0.419 e. The Morgan fingerprint density at radius 1 is 1.33 bits per heavy atom. The SMILES string of the molecule is CNC(=O)c1noc(-c2ccc(C(F)(F)F)c(F)c2)c1CNCCC1CC1. The van der Waals surface area contributed by atoms with E-state index in [-0.39, 0.29) is 23.6 Å². The van der Waals surface area contributed by atoms with E-state index in [4.69, 9.17) is 4.52 Å². The number of amides is 1. The van der Waals surface area contributed by atoms with Gasteiger partial charge in [-0.1, -0.05) is 24.1 Å². The van der Waals surface area contributed by atoms with E-state index in [2.05, 4.69) is 15.8 Å². The van der Waals surface area contributed by atoms with E-state index in [1.807, 2.05) is 0 Å². The van der Waals surface area contributed by atoms with Crippen LogP contribution >= 0.6 is 0 Å². The number of hydrogen-bond donors (Lipinski definition) is 2. The van der Waals surface area contributed by atoms with Crippen LogP contribution in [0, 0.1) is 11.7 Å². The third kappa shape index (κ3) is 4.47. The van der Waals surface area contributed by atoms with Crippen molar-refractivity contribution in [1.82, 2.24) is 15.8 Å². The van der Waals surface area contributed by atoms with E-state index in [9.17, 15) is 22.4 Å². The summed E-state index contributed by atoms with van der Waals surface area (Å²) in [5.41, 5.74) is -0.875. The van der Waals surface area contributed by atoms with Crippen molar-refractivity contribution in [2.45, 2.75) is 32.0 Å². The van der Waals surface area contributed by atoms with E-state index in [0.29, 0.717) is 11.6 Å². The first-order valence-corrected chi connectivity index (χ1v) is 8.59. The molecule has 0 radical (unpaired) electrons. The number of carbonyl (C=O) groups is 1. The van der Waals surface area contributed by atoms with Gasteiger partial charge in [0.05, 0.1) is 5.56 Å². The first-order chi connectivity index (χ1) is 12.8. The van der Waals surface area contributed by atoms with Crippen LogP contribution in [0.15, 0.2) is 22.7 Å². The Balaban J connectivity index is 1.88. The van der Waals surface area contributed by atoms with Crippen molar-refractivity contribution >= 4 is 5.91 Å². The van der Waals surface area contributed by atoms with Gasteiger partial charge in [0.15, 0.2) is 11.5 Å². The van der Waals surface area contributed by atoms with E-state index in [0.717, 1.165) is 31.0 Å². The number of carbonyl (C=O) groups excluding carboxylic acids is 1. The van der Waals surface area contributed by atoms with Crippen LogP contribution in [0.1, 0.15) is 40.9 Å². The van der Waals surface area contributed by atoms with E-state index in [1.165, 1.54) is 19.9 Å². The lowest BCUT2D eigenvalue weighted by molar-refractivity contribution is -0.139. The van der Waals surface area contributed by atoms with Crippen molar-refractivity contribution in [3.63, 3.8) is 0 Å². The van der Waals surface area contributed by atoms with Gasteiger partial charge < -0.3 is 15.2 Å². The minimum absolute atomic E-state index is 0.0201. The molecule has 1 heterocycles. The van der Waals surface area contributed by atoms with Crippen molar-refractivity contribution in [2.75, 3.05) is 13.6 Å². The summed E-state index contributed by atoms with van der Waals surface area (Å²) in [5, 5.41) is 9.34. The average Bonchev–Trinajstić information content (AvgIpc) is 3.34. The van der Waals surface area contributed by atoms with Gasteiger partial charge in [0.2, 0.25) is 0 Å². The molecule has 2 aromatic rings. The molecule has 3 rings (SSSR count). The Kier molecular flexibility index (Phi) is 5.50. The summed E-state index contributed by atoms with van der Waals surface area (Å²) >= 11 is 0. The Morgan fingerprint density at radius 2 is 2.07 bits per heavy atom. The lowest BCUT2D eigenvalue weighted by Crippen LogP contribution is -2.22. The quantitative estimate of drug-likeness (QED) is 0.563. The number of aromatic nitrogens is 1. The van der Waals surface area contributed by atoms with Gasteiger partial charge in [-0.15, -0.1) is 0 Å². The maximum absolute atomic E-state index is 13.9. The molecule has 0 saturated heterocycles. The van der Waals surface area contributed by atoms with Crippen LogP contribution in [0.2, 0.25) is 0 Å². The van der Waals surface area contributed by atoms with Gasteiger partial charge in [0.1, 0.15) is 5.82 Å². The van der Waals surface area contributed by atoms with Gasteiger partial charge in [-0.3, -0.25) is 4.79 Å². The van der Waals surface area contributed by atoms with Gasteiger partial charge >= 0.3 is 6.18 Å². The second kappa shape index (κ2) is 7.67. The predicted molar refractivity (Wildman–Crippen MR) is 89.3 cm³/mol. The van der Waals surface area contributed by atoms with E-state index in [1.54, 1.807) is 0 Å². The Hall–Kier alpha value is -2.42. The zero-order chi connectivity index (χ0) is 19.6. The van der Waals surface area contributed by atoms with Crippen molar-refractivity contribution in [3.05, 3.63) is 40.8 Å². The lowest BCUT2D eigenvalue weighted by atomic mass is 10.0. The molecule has 0 spiro atoms. The highest BCUT2D eigenvalue weighted by Gasteiger charge is 2.34. The minimum Gasteiger partial charge on any atom is -0.355 e. The zero-order valence-corrected chi connectivity index (χ0v) is 14.6. The molecule has 1 fully saturated rings. The van der Waals surface area contributed by atoms with Gasteiger partial charge in [0.25, 0.3) is 5.91 Å². The van der Waals surface area contributed by atoms with E-state index >= 15 is 0 Å². The first kappa shape index (κ1) is 19.3. The monoisotopic (exact) mass is 385 g/mol. The average molecular weight is 385 g/mol. The molecule has 27 heavy (non-hydrogen) atoms. The molecule has 0 unspecified atom stereocenters. The van der Waals surface area contributed by atoms with Gasteiger partial charge in [-0.05, 0) is 31.0 Å².